The molecule has 0 bridgehead atoms. The average molecular weight is 248 g/mol. The minimum atomic E-state index is -0.133. The van der Waals surface area contributed by atoms with Gasteiger partial charge in [-0.05, 0) is 30.5 Å². The highest BCUT2D eigenvalue weighted by atomic mass is 35.5. The van der Waals surface area contributed by atoms with E-state index in [4.69, 9.17) is 15.6 Å². The molecule has 0 aliphatic carbocycles. The van der Waals surface area contributed by atoms with Crippen LogP contribution in [-0.4, -0.2) is 23.9 Å². The molecular weight excluding hydrogens is 230 g/mol. The highest BCUT2D eigenvalue weighted by Gasteiger charge is 2.09. The zero-order valence-electron chi connectivity index (χ0n) is 9.22. The fourth-order valence-corrected chi connectivity index (χ4v) is 1.40. The Morgan fingerprint density at radius 2 is 2.12 bits per heavy atom. The minimum absolute atomic E-state index is 0. The molecule has 4 nitrogen and oxygen atoms in total. The molecule has 0 heterocycles. The molecule has 0 unspecified atom stereocenters. The monoisotopic (exact) mass is 247 g/mol. The van der Waals surface area contributed by atoms with Gasteiger partial charge in [0.2, 0.25) is 0 Å². The Labute approximate surface area is 101 Å². The molecule has 1 aromatic carbocycles. The zero-order chi connectivity index (χ0) is 11.3. The van der Waals surface area contributed by atoms with E-state index in [1.165, 1.54) is 7.11 Å². The van der Waals surface area contributed by atoms with Crippen LogP contribution >= 0.6 is 12.4 Å². The number of aromatic hydroxyl groups is 1. The van der Waals surface area contributed by atoms with E-state index < -0.39 is 0 Å². The lowest BCUT2D eigenvalue weighted by Gasteiger charge is -2.13. The predicted octanol–water partition coefficient (Wildman–Crippen LogP) is 1.59. The summed E-state index contributed by atoms with van der Waals surface area (Å²) in [5.41, 5.74) is 6.81. The van der Waals surface area contributed by atoms with Crippen LogP contribution in [0.15, 0.2) is 18.2 Å². The van der Waals surface area contributed by atoms with E-state index in [0.29, 0.717) is 18.6 Å². The fraction of sp³-hybridized carbons (Fsp3) is 0.455. The topological polar surface area (TPSA) is 75.7 Å². The van der Waals surface area contributed by atoms with Gasteiger partial charge in [0.15, 0.2) is 11.5 Å². The number of phenolic OH excluding ortho intramolecular Hbond substituents is 1. The smallest absolute Gasteiger partial charge is 0.160 e. The second-order valence-electron chi connectivity index (χ2n) is 3.40. The molecule has 0 aromatic heterocycles. The van der Waals surface area contributed by atoms with Gasteiger partial charge in [0.05, 0.1) is 7.11 Å². The molecule has 1 rings (SSSR count). The number of rotatable bonds is 5. The lowest BCUT2D eigenvalue weighted by Crippen LogP contribution is -2.10. The Morgan fingerprint density at radius 3 is 2.69 bits per heavy atom. The molecule has 0 spiro atoms. The summed E-state index contributed by atoms with van der Waals surface area (Å²) in [7, 11) is 1.50. The van der Waals surface area contributed by atoms with Crippen molar-refractivity contribution in [3.63, 3.8) is 0 Å². The van der Waals surface area contributed by atoms with Gasteiger partial charge >= 0.3 is 0 Å². The first kappa shape index (κ1) is 15.0. The van der Waals surface area contributed by atoms with E-state index >= 15 is 0 Å². The molecule has 0 aliphatic heterocycles. The van der Waals surface area contributed by atoms with Gasteiger partial charge in [0.25, 0.3) is 0 Å². The summed E-state index contributed by atoms with van der Waals surface area (Å²) >= 11 is 0. The van der Waals surface area contributed by atoms with Crippen molar-refractivity contribution in [2.45, 2.75) is 18.9 Å². The number of phenols is 1. The third kappa shape index (κ3) is 3.89. The van der Waals surface area contributed by atoms with Gasteiger partial charge in [0.1, 0.15) is 0 Å². The minimum Gasteiger partial charge on any atom is -0.504 e. The molecule has 92 valence electrons. The molecular formula is C11H18ClNO3. The maximum absolute atomic E-state index is 9.39. The summed E-state index contributed by atoms with van der Waals surface area (Å²) in [4.78, 5) is 0. The number of ether oxygens (including phenoxy) is 1. The van der Waals surface area contributed by atoms with E-state index in [1.54, 1.807) is 18.2 Å². The molecule has 0 saturated heterocycles. The van der Waals surface area contributed by atoms with E-state index in [2.05, 4.69) is 0 Å². The van der Waals surface area contributed by atoms with Crippen molar-refractivity contribution in [3.8, 4) is 11.5 Å². The summed E-state index contributed by atoms with van der Waals surface area (Å²) < 4.78 is 4.99. The number of methoxy groups -OCH3 is 1. The SMILES string of the molecule is COc1cc([C@H](N)CCCO)ccc1O.Cl. The van der Waals surface area contributed by atoms with Gasteiger partial charge in [-0.15, -0.1) is 12.4 Å². The van der Waals surface area contributed by atoms with E-state index in [0.717, 1.165) is 5.56 Å². The van der Waals surface area contributed by atoms with Crippen LogP contribution in [0.1, 0.15) is 24.4 Å². The van der Waals surface area contributed by atoms with E-state index in [9.17, 15) is 5.11 Å². The molecule has 16 heavy (non-hydrogen) atoms. The van der Waals surface area contributed by atoms with Gasteiger partial charge in [0, 0.05) is 12.6 Å². The number of halogens is 1. The molecule has 4 N–H and O–H groups in total. The highest BCUT2D eigenvalue weighted by molar-refractivity contribution is 5.85. The standard InChI is InChI=1S/C11H17NO3.ClH/c1-15-11-7-8(4-5-10(11)14)9(12)3-2-6-13;/h4-5,7,9,13-14H,2-3,6,12H2,1H3;1H/t9-;/m1./s1. The van der Waals surface area contributed by atoms with Gasteiger partial charge in [-0.2, -0.15) is 0 Å². The number of aliphatic hydroxyl groups is 1. The maximum Gasteiger partial charge on any atom is 0.160 e. The van der Waals surface area contributed by atoms with Gasteiger partial charge < -0.3 is 20.7 Å². The first-order valence-corrected chi connectivity index (χ1v) is 4.92. The van der Waals surface area contributed by atoms with Crippen LogP contribution in [0.5, 0.6) is 11.5 Å². The van der Waals surface area contributed by atoms with Crippen molar-refractivity contribution >= 4 is 12.4 Å². The first-order chi connectivity index (χ1) is 7.19. The Balaban J connectivity index is 0.00000225. The molecule has 0 saturated carbocycles. The first-order valence-electron chi connectivity index (χ1n) is 4.92. The van der Waals surface area contributed by atoms with Crippen molar-refractivity contribution in [3.05, 3.63) is 23.8 Å². The zero-order valence-corrected chi connectivity index (χ0v) is 10.0. The Hall–Kier alpha value is -0.970. The summed E-state index contributed by atoms with van der Waals surface area (Å²) in [6.07, 6.45) is 1.38. The predicted molar refractivity (Wildman–Crippen MR) is 65.2 cm³/mol. The van der Waals surface area contributed by atoms with Crippen molar-refractivity contribution in [2.24, 2.45) is 5.73 Å². The lowest BCUT2D eigenvalue weighted by molar-refractivity contribution is 0.280. The number of aliphatic hydroxyl groups excluding tert-OH is 1. The molecule has 0 fully saturated rings. The van der Waals surface area contributed by atoms with Crippen molar-refractivity contribution in [1.82, 2.24) is 0 Å². The third-order valence-electron chi connectivity index (χ3n) is 2.31. The summed E-state index contributed by atoms with van der Waals surface area (Å²) in [5.74, 6) is 0.530. The lowest BCUT2D eigenvalue weighted by atomic mass is 10.0. The van der Waals surface area contributed by atoms with Crippen molar-refractivity contribution in [1.29, 1.82) is 0 Å². The van der Waals surface area contributed by atoms with Crippen LogP contribution in [0, 0.1) is 0 Å². The van der Waals surface area contributed by atoms with Gasteiger partial charge in [-0.25, -0.2) is 0 Å². The van der Waals surface area contributed by atoms with Gasteiger partial charge in [-0.1, -0.05) is 6.07 Å². The molecule has 0 radical (unpaired) electrons. The van der Waals surface area contributed by atoms with E-state index in [1.807, 2.05) is 0 Å². The van der Waals surface area contributed by atoms with Crippen molar-refractivity contribution in [2.75, 3.05) is 13.7 Å². The fourth-order valence-electron chi connectivity index (χ4n) is 1.40. The van der Waals surface area contributed by atoms with Crippen molar-refractivity contribution < 1.29 is 14.9 Å². The molecule has 5 heteroatoms. The average Bonchev–Trinajstić information content (AvgIpc) is 2.26. The quantitative estimate of drug-likeness (QED) is 0.739. The molecule has 1 atom stereocenters. The van der Waals surface area contributed by atoms with Crippen LogP contribution in [0.3, 0.4) is 0 Å². The van der Waals surface area contributed by atoms with Crippen LogP contribution in [0.25, 0.3) is 0 Å². The normalized spacial score (nSPS) is 11.7. The molecule has 1 aromatic rings. The number of hydrogen-bond acceptors (Lipinski definition) is 4. The summed E-state index contributed by atoms with van der Waals surface area (Å²) in [6.45, 7) is 0.142. The molecule has 0 aliphatic rings. The molecule has 0 amide bonds. The number of benzene rings is 1. The Bertz CT molecular complexity index is 320. The highest BCUT2D eigenvalue weighted by Crippen LogP contribution is 2.29. The second-order valence-corrected chi connectivity index (χ2v) is 3.40. The van der Waals surface area contributed by atoms with Crippen LogP contribution in [-0.2, 0) is 0 Å². The summed E-state index contributed by atoms with van der Waals surface area (Å²) in [6, 6.07) is 4.91. The third-order valence-corrected chi connectivity index (χ3v) is 2.31. The van der Waals surface area contributed by atoms with Crippen LogP contribution in [0.4, 0.5) is 0 Å². The second kappa shape index (κ2) is 7.33. The van der Waals surface area contributed by atoms with Crippen LogP contribution < -0.4 is 10.5 Å². The maximum atomic E-state index is 9.39. The number of hydrogen-bond donors (Lipinski definition) is 3. The summed E-state index contributed by atoms with van der Waals surface area (Å²) in [5, 5.41) is 18.1. The largest absolute Gasteiger partial charge is 0.504 e. The Kier molecular flexibility index (Phi) is 6.88. The van der Waals surface area contributed by atoms with E-state index in [-0.39, 0.29) is 30.8 Å². The number of nitrogens with two attached hydrogens (primary N) is 1. The van der Waals surface area contributed by atoms with Crippen LogP contribution in [0.2, 0.25) is 0 Å². The van der Waals surface area contributed by atoms with Gasteiger partial charge in [-0.3, -0.25) is 0 Å². The Morgan fingerprint density at radius 1 is 1.44 bits per heavy atom.